The molecule has 0 saturated heterocycles. The van der Waals surface area contributed by atoms with Gasteiger partial charge in [0.05, 0.1) is 0 Å². The molecule has 20 heavy (non-hydrogen) atoms. The van der Waals surface area contributed by atoms with Crippen molar-refractivity contribution in [2.75, 3.05) is 0 Å². The number of hydrogen-bond acceptors (Lipinski definition) is 0. The predicted molar refractivity (Wildman–Crippen MR) is 83.9 cm³/mol. The number of hydrogen-bond donors (Lipinski definition) is 0. The molecule has 0 spiro atoms. The smallest absolute Gasteiger partial charge is 0.123 e. The van der Waals surface area contributed by atoms with Crippen LogP contribution in [0, 0.1) is 11.7 Å². The molecule has 0 fully saturated rings. The Kier molecular flexibility index (Phi) is 4.82. The van der Waals surface area contributed by atoms with E-state index in [1.165, 1.54) is 11.1 Å². The molecule has 0 nitrogen and oxygen atoms in total. The van der Waals surface area contributed by atoms with E-state index in [4.69, 9.17) is 11.6 Å². The van der Waals surface area contributed by atoms with E-state index in [2.05, 4.69) is 32.9 Å². The van der Waals surface area contributed by atoms with Gasteiger partial charge < -0.3 is 0 Å². The molecule has 2 aromatic carbocycles. The first kappa shape index (κ1) is 15.1. The van der Waals surface area contributed by atoms with Crippen LogP contribution in [-0.2, 0) is 6.42 Å². The fraction of sp³-hybridized carbons (Fsp3) is 0.333. The minimum absolute atomic E-state index is 0.163. The van der Waals surface area contributed by atoms with Crippen LogP contribution in [-0.4, -0.2) is 0 Å². The summed E-state index contributed by atoms with van der Waals surface area (Å²) in [5.74, 6) is 0.541. The van der Waals surface area contributed by atoms with Crippen molar-refractivity contribution in [1.82, 2.24) is 0 Å². The maximum absolute atomic E-state index is 13.4. The molecule has 0 aliphatic carbocycles. The lowest BCUT2D eigenvalue weighted by atomic mass is 9.80. The van der Waals surface area contributed by atoms with Gasteiger partial charge in [-0.3, -0.25) is 0 Å². The summed E-state index contributed by atoms with van der Waals surface area (Å²) < 4.78 is 13.4. The third-order valence-corrected chi connectivity index (χ3v) is 3.97. The number of halogens is 2. The zero-order chi connectivity index (χ0) is 14.7. The Morgan fingerprint density at radius 2 is 1.70 bits per heavy atom. The highest BCUT2D eigenvalue weighted by Crippen LogP contribution is 2.34. The van der Waals surface area contributed by atoms with E-state index in [0.717, 1.165) is 17.0 Å². The van der Waals surface area contributed by atoms with Crippen LogP contribution in [0.3, 0.4) is 0 Å². The van der Waals surface area contributed by atoms with Crippen LogP contribution in [0.15, 0.2) is 42.5 Å². The van der Waals surface area contributed by atoms with E-state index in [9.17, 15) is 4.39 Å². The van der Waals surface area contributed by atoms with Gasteiger partial charge in [0, 0.05) is 10.9 Å². The first-order chi connectivity index (χ1) is 9.52. The van der Waals surface area contributed by atoms with Gasteiger partial charge in [-0.1, -0.05) is 50.6 Å². The molecule has 0 aromatic heterocycles. The van der Waals surface area contributed by atoms with Crippen molar-refractivity contribution in [2.24, 2.45) is 5.92 Å². The SMILES string of the molecule is CCc1cc(F)ccc1C(c1ccc(Cl)cc1)C(C)C. The summed E-state index contributed by atoms with van der Waals surface area (Å²) in [5.41, 5.74) is 3.52. The van der Waals surface area contributed by atoms with Crippen LogP contribution in [0.4, 0.5) is 4.39 Å². The normalized spacial score (nSPS) is 12.7. The molecule has 0 saturated carbocycles. The zero-order valence-corrected chi connectivity index (χ0v) is 12.9. The minimum atomic E-state index is -0.163. The second kappa shape index (κ2) is 6.41. The quantitative estimate of drug-likeness (QED) is 0.664. The molecule has 1 unspecified atom stereocenters. The summed E-state index contributed by atoms with van der Waals surface area (Å²) in [7, 11) is 0. The molecule has 0 amide bonds. The molecule has 1 atom stereocenters. The average Bonchev–Trinajstić information content (AvgIpc) is 2.42. The van der Waals surface area contributed by atoms with Crippen molar-refractivity contribution >= 4 is 11.6 Å². The highest BCUT2D eigenvalue weighted by atomic mass is 35.5. The summed E-state index contributed by atoms with van der Waals surface area (Å²) >= 11 is 5.97. The van der Waals surface area contributed by atoms with Crippen molar-refractivity contribution < 1.29 is 4.39 Å². The second-order valence-corrected chi connectivity index (χ2v) is 5.91. The lowest BCUT2D eigenvalue weighted by Gasteiger charge is -2.24. The topological polar surface area (TPSA) is 0 Å². The van der Waals surface area contributed by atoms with E-state index in [1.807, 2.05) is 18.2 Å². The Labute approximate surface area is 125 Å². The van der Waals surface area contributed by atoms with Crippen LogP contribution in [0.2, 0.25) is 5.02 Å². The van der Waals surface area contributed by atoms with Gasteiger partial charge >= 0.3 is 0 Å². The summed E-state index contributed by atoms with van der Waals surface area (Å²) in [5, 5.41) is 0.742. The van der Waals surface area contributed by atoms with E-state index in [0.29, 0.717) is 5.92 Å². The first-order valence-electron chi connectivity index (χ1n) is 7.06. The summed E-state index contributed by atoms with van der Waals surface area (Å²) in [6.45, 7) is 6.46. The van der Waals surface area contributed by atoms with Crippen LogP contribution in [0.1, 0.15) is 43.4 Å². The molecule has 0 bridgehead atoms. The fourth-order valence-electron chi connectivity index (χ4n) is 2.78. The standard InChI is InChI=1S/C18H20ClF/c1-4-13-11-16(20)9-10-17(13)18(12(2)3)14-5-7-15(19)8-6-14/h5-12,18H,4H2,1-3H3. The maximum Gasteiger partial charge on any atom is 0.123 e. The third kappa shape index (κ3) is 3.21. The number of benzene rings is 2. The predicted octanol–water partition coefficient (Wildman–Crippen LogP) is 5.83. The van der Waals surface area contributed by atoms with Crippen LogP contribution in [0.25, 0.3) is 0 Å². The van der Waals surface area contributed by atoms with Gasteiger partial charge in [0.2, 0.25) is 0 Å². The number of aryl methyl sites for hydroxylation is 1. The van der Waals surface area contributed by atoms with Crippen molar-refractivity contribution in [3.63, 3.8) is 0 Å². The largest absolute Gasteiger partial charge is 0.207 e. The average molecular weight is 291 g/mol. The van der Waals surface area contributed by atoms with Gasteiger partial charge in [-0.15, -0.1) is 0 Å². The van der Waals surface area contributed by atoms with Crippen LogP contribution >= 0.6 is 11.6 Å². The van der Waals surface area contributed by atoms with Gasteiger partial charge in [-0.25, -0.2) is 4.39 Å². The van der Waals surface area contributed by atoms with Gasteiger partial charge in [0.15, 0.2) is 0 Å². The summed E-state index contributed by atoms with van der Waals surface area (Å²) in [6, 6.07) is 13.1. The summed E-state index contributed by atoms with van der Waals surface area (Å²) in [6.07, 6.45) is 0.837. The molecular weight excluding hydrogens is 271 g/mol. The molecule has 0 N–H and O–H groups in total. The van der Waals surface area contributed by atoms with Gasteiger partial charge in [0.25, 0.3) is 0 Å². The first-order valence-corrected chi connectivity index (χ1v) is 7.44. The lowest BCUT2D eigenvalue weighted by molar-refractivity contribution is 0.556. The van der Waals surface area contributed by atoms with Crippen molar-refractivity contribution in [3.05, 3.63) is 70.0 Å². The molecule has 2 aromatic rings. The fourth-order valence-corrected chi connectivity index (χ4v) is 2.90. The Morgan fingerprint density at radius 1 is 1.05 bits per heavy atom. The van der Waals surface area contributed by atoms with Crippen molar-refractivity contribution in [2.45, 2.75) is 33.1 Å². The minimum Gasteiger partial charge on any atom is -0.207 e. The molecular formula is C18H20ClF. The van der Waals surface area contributed by atoms with Crippen LogP contribution in [0.5, 0.6) is 0 Å². The Balaban J connectivity index is 2.51. The Morgan fingerprint density at radius 3 is 2.25 bits per heavy atom. The van der Waals surface area contributed by atoms with Gasteiger partial charge in [0.1, 0.15) is 5.82 Å². The molecule has 0 heterocycles. The van der Waals surface area contributed by atoms with Crippen LogP contribution < -0.4 is 0 Å². The van der Waals surface area contributed by atoms with Gasteiger partial charge in [-0.2, -0.15) is 0 Å². The second-order valence-electron chi connectivity index (χ2n) is 5.47. The molecule has 2 heteroatoms. The maximum atomic E-state index is 13.4. The zero-order valence-electron chi connectivity index (χ0n) is 12.2. The highest BCUT2D eigenvalue weighted by molar-refractivity contribution is 6.30. The van der Waals surface area contributed by atoms with E-state index >= 15 is 0 Å². The highest BCUT2D eigenvalue weighted by Gasteiger charge is 2.20. The van der Waals surface area contributed by atoms with Crippen molar-refractivity contribution in [1.29, 1.82) is 0 Å². The number of rotatable bonds is 4. The Hall–Kier alpha value is -1.34. The molecule has 0 aliphatic rings. The Bertz CT molecular complexity index is 572. The third-order valence-electron chi connectivity index (χ3n) is 3.72. The van der Waals surface area contributed by atoms with E-state index < -0.39 is 0 Å². The molecule has 0 aliphatic heterocycles. The van der Waals surface area contributed by atoms with E-state index in [1.54, 1.807) is 12.1 Å². The molecule has 2 rings (SSSR count). The van der Waals surface area contributed by atoms with Gasteiger partial charge in [-0.05, 0) is 53.3 Å². The molecule has 0 radical (unpaired) electrons. The molecule has 106 valence electrons. The van der Waals surface area contributed by atoms with E-state index in [-0.39, 0.29) is 11.7 Å². The monoisotopic (exact) mass is 290 g/mol. The van der Waals surface area contributed by atoms with Crippen molar-refractivity contribution in [3.8, 4) is 0 Å². The summed E-state index contributed by atoms with van der Waals surface area (Å²) in [4.78, 5) is 0. The lowest BCUT2D eigenvalue weighted by Crippen LogP contribution is -2.11.